The first-order chi connectivity index (χ1) is 27.1. The molecule has 1 aliphatic heterocycles. The van der Waals surface area contributed by atoms with Gasteiger partial charge < -0.3 is 29.3 Å². The Hall–Kier alpha value is -4.34. The molecule has 0 amide bonds. The highest BCUT2D eigenvalue weighted by Gasteiger charge is 2.64. The smallest absolute Gasteiger partial charge is 0.231 e. The summed E-state index contributed by atoms with van der Waals surface area (Å²) in [5, 5.41) is 24.4. The van der Waals surface area contributed by atoms with E-state index in [2.05, 4.69) is 73.3 Å². The van der Waals surface area contributed by atoms with Gasteiger partial charge >= 0.3 is 0 Å². The third-order valence-electron chi connectivity index (χ3n) is 11.1. The maximum absolute atomic E-state index is 9.91. The normalized spacial score (nSPS) is 24.6. The van der Waals surface area contributed by atoms with Gasteiger partial charge in [-0.1, -0.05) is 90.8 Å². The summed E-state index contributed by atoms with van der Waals surface area (Å²) in [6.45, 7) is 7.13. The third-order valence-corrected chi connectivity index (χ3v) is 12.5. The zero-order valence-corrected chi connectivity index (χ0v) is 32.5. The second kappa shape index (κ2) is 18.5. The Morgan fingerprint density at radius 2 is 1.55 bits per heavy atom. The fourth-order valence-corrected chi connectivity index (χ4v) is 10.1. The van der Waals surface area contributed by atoms with Crippen molar-refractivity contribution in [3.63, 3.8) is 0 Å². The predicted octanol–water partition coefficient (Wildman–Crippen LogP) is 10.6. The van der Waals surface area contributed by atoms with E-state index < -0.39 is 5.79 Å². The second-order valence-corrected chi connectivity index (χ2v) is 15.9. The molecule has 2 aliphatic carbocycles. The minimum absolute atomic E-state index is 0.0126. The fourth-order valence-electron chi connectivity index (χ4n) is 8.78. The molecule has 6 atom stereocenters. The Bertz CT molecular complexity index is 1920. The second-order valence-electron chi connectivity index (χ2n) is 14.6. The number of hydrogen-bond donors (Lipinski definition) is 2. The molecule has 0 bridgehead atoms. The van der Waals surface area contributed by atoms with Crippen LogP contribution in [-0.2, 0) is 9.57 Å². The highest BCUT2D eigenvalue weighted by Crippen LogP contribution is 2.63. The molecule has 0 radical (unpaired) electrons. The molecule has 1 heterocycles. The van der Waals surface area contributed by atoms with Crippen molar-refractivity contribution in [2.24, 2.45) is 22.9 Å². The van der Waals surface area contributed by atoms with Gasteiger partial charge in [0.1, 0.15) is 23.9 Å². The van der Waals surface area contributed by atoms with Gasteiger partial charge in [0.2, 0.25) is 5.79 Å². The Morgan fingerprint density at radius 3 is 2.25 bits per heavy atom. The van der Waals surface area contributed by atoms with Gasteiger partial charge in [0.05, 0.1) is 23.5 Å². The number of fused-ring (bicyclic) bond motifs is 2. The number of hydrogen-bond acceptors (Lipinski definition) is 8. The molecule has 0 spiro atoms. The highest BCUT2D eigenvalue weighted by atomic mass is 32.2. The van der Waals surface area contributed by atoms with E-state index in [0.717, 1.165) is 88.6 Å². The van der Waals surface area contributed by atoms with Crippen LogP contribution in [0.5, 0.6) is 17.2 Å². The van der Waals surface area contributed by atoms with Crippen LogP contribution >= 0.6 is 11.8 Å². The first kappa shape index (κ1) is 38.9. The Labute approximate surface area is 330 Å². The summed E-state index contributed by atoms with van der Waals surface area (Å²) in [7, 11) is 0. The van der Waals surface area contributed by atoms with Crippen molar-refractivity contribution in [2.45, 2.75) is 73.7 Å². The predicted molar refractivity (Wildman–Crippen MR) is 221 cm³/mol. The lowest BCUT2D eigenvalue weighted by molar-refractivity contribution is -0.223. The number of benzene rings is 4. The van der Waals surface area contributed by atoms with Crippen LogP contribution in [0.25, 0.3) is 11.1 Å². The molecule has 288 valence electrons. The van der Waals surface area contributed by atoms with E-state index in [-0.39, 0.29) is 42.1 Å². The lowest BCUT2D eigenvalue weighted by Crippen LogP contribution is -2.64. The molecule has 55 heavy (non-hydrogen) atoms. The van der Waals surface area contributed by atoms with Crippen LogP contribution in [0.1, 0.15) is 63.4 Å². The quantitative estimate of drug-likeness (QED) is 0.0593. The summed E-state index contributed by atoms with van der Waals surface area (Å²) in [4.78, 5) is 6.97. The van der Waals surface area contributed by atoms with E-state index in [1.54, 1.807) is 17.8 Å². The van der Waals surface area contributed by atoms with E-state index in [4.69, 9.17) is 24.2 Å². The zero-order chi connectivity index (χ0) is 38.0. The van der Waals surface area contributed by atoms with Crippen molar-refractivity contribution in [3.8, 4) is 28.4 Å². The SMILES string of the molecule is C=CCO[C@@]12Oc3ccc(Oc4ccc(-c5ccccc5)cc4)cc3[C@H]3[C@H](CCCCO)[C@@H](CCCCO)C=C(C(=NOCC)C[C@@H]1Sc1ccccc1)[C@H]32. The van der Waals surface area contributed by atoms with Gasteiger partial charge in [0.25, 0.3) is 0 Å². The van der Waals surface area contributed by atoms with Crippen molar-refractivity contribution < 1.29 is 29.3 Å². The molecule has 1 saturated carbocycles. The van der Waals surface area contributed by atoms with Crippen LogP contribution in [0.3, 0.4) is 0 Å². The van der Waals surface area contributed by atoms with Crippen LogP contribution in [-0.4, -0.2) is 53.4 Å². The lowest BCUT2D eigenvalue weighted by atomic mass is 9.56. The first-order valence-corrected chi connectivity index (χ1v) is 20.7. The molecule has 4 aromatic rings. The maximum atomic E-state index is 9.91. The topological polar surface area (TPSA) is 89.7 Å². The van der Waals surface area contributed by atoms with Gasteiger partial charge in [-0.3, -0.25) is 0 Å². The number of thioether (sulfide) groups is 1. The summed E-state index contributed by atoms with van der Waals surface area (Å²) in [6.07, 6.45) is 9.98. The standard InChI is InChI=1S/C47H53NO6S/c1-3-29-51-47-44(55-38-18-9-6-10-19-38)32-42(48-52-4-2)40-30-35(17-11-13-27-49)39(20-12-14-28-50)45(46(40)47)41-31-37(25-26-43(41)54-47)53-36-23-21-34(22-24-36)33-15-7-5-8-16-33/h3,5-10,15-16,18-19,21-26,30-31,35,39,44-46,49-50H,1,4,11-14,17,20,27-29,32H2,2H3/t35-,39+,44-,45+,46+,47+/m0/s1. The largest absolute Gasteiger partial charge is 0.460 e. The number of nitrogens with zero attached hydrogens (tertiary/aromatic N) is 1. The number of unbranched alkanes of at least 4 members (excludes halogenated alkanes) is 2. The van der Waals surface area contributed by atoms with E-state index in [1.807, 2.05) is 49.4 Å². The minimum Gasteiger partial charge on any atom is -0.460 e. The molecule has 0 unspecified atom stereocenters. The molecule has 7 nitrogen and oxygen atoms in total. The van der Waals surface area contributed by atoms with E-state index in [9.17, 15) is 10.2 Å². The molecule has 7 rings (SSSR count). The minimum atomic E-state index is -1.04. The monoisotopic (exact) mass is 759 g/mol. The van der Waals surface area contributed by atoms with Crippen molar-refractivity contribution in [2.75, 3.05) is 26.4 Å². The molecule has 1 fully saturated rings. The molecule has 0 saturated heterocycles. The van der Waals surface area contributed by atoms with Crippen molar-refractivity contribution in [1.29, 1.82) is 0 Å². The van der Waals surface area contributed by atoms with Crippen molar-refractivity contribution in [3.05, 3.63) is 133 Å². The Morgan fingerprint density at radius 1 is 0.855 bits per heavy atom. The van der Waals surface area contributed by atoms with Crippen LogP contribution in [0.15, 0.2) is 137 Å². The van der Waals surface area contributed by atoms with Crippen LogP contribution in [0.2, 0.25) is 0 Å². The van der Waals surface area contributed by atoms with Gasteiger partial charge in [0.15, 0.2) is 0 Å². The van der Waals surface area contributed by atoms with Gasteiger partial charge in [-0.25, -0.2) is 0 Å². The number of aliphatic hydroxyl groups excluding tert-OH is 2. The Kier molecular flexibility index (Phi) is 13.1. The van der Waals surface area contributed by atoms with Crippen LogP contribution < -0.4 is 9.47 Å². The van der Waals surface area contributed by atoms with Crippen LogP contribution in [0.4, 0.5) is 0 Å². The highest BCUT2D eigenvalue weighted by molar-refractivity contribution is 8.00. The summed E-state index contributed by atoms with van der Waals surface area (Å²) in [5.41, 5.74) is 5.43. The van der Waals surface area contributed by atoms with Gasteiger partial charge in [0, 0.05) is 36.0 Å². The average molecular weight is 760 g/mol. The third kappa shape index (κ3) is 8.58. The van der Waals surface area contributed by atoms with Crippen LogP contribution in [0, 0.1) is 17.8 Å². The number of ether oxygens (including phenoxy) is 3. The average Bonchev–Trinajstić information content (AvgIpc) is 3.22. The van der Waals surface area contributed by atoms with E-state index in [1.165, 1.54) is 0 Å². The van der Waals surface area contributed by atoms with Gasteiger partial charge in [-0.2, -0.15) is 0 Å². The molecule has 8 heteroatoms. The summed E-state index contributed by atoms with van der Waals surface area (Å²) in [6, 6.07) is 35.2. The summed E-state index contributed by atoms with van der Waals surface area (Å²) >= 11 is 1.76. The van der Waals surface area contributed by atoms with Crippen molar-refractivity contribution in [1.82, 2.24) is 0 Å². The maximum Gasteiger partial charge on any atom is 0.231 e. The summed E-state index contributed by atoms with van der Waals surface area (Å²) < 4.78 is 20.9. The van der Waals surface area contributed by atoms with E-state index in [0.29, 0.717) is 19.6 Å². The van der Waals surface area contributed by atoms with Gasteiger partial charge in [-0.15, -0.1) is 18.3 Å². The number of rotatable bonds is 18. The van der Waals surface area contributed by atoms with Gasteiger partial charge in [-0.05, 0) is 104 Å². The number of aliphatic hydroxyl groups is 2. The summed E-state index contributed by atoms with van der Waals surface area (Å²) in [5.74, 6) is 1.46. The van der Waals surface area contributed by atoms with Crippen molar-refractivity contribution >= 4 is 17.5 Å². The van der Waals surface area contributed by atoms with E-state index >= 15 is 0 Å². The molecule has 0 aromatic heterocycles. The number of oxime groups is 1. The lowest BCUT2D eigenvalue weighted by Gasteiger charge is -2.58. The number of allylic oxidation sites excluding steroid dienone is 1. The molecule has 3 aliphatic rings. The zero-order valence-electron chi connectivity index (χ0n) is 31.7. The first-order valence-electron chi connectivity index (χ1n) is 19.8. The molecule has 2 N–H and O–H groups in total. The Balaban J connectivity index is 1.36. The molecular formula is C47H53NO6S. The fraction of sp³-hybridized carbons (Fsp3) is 0.383. The molecular weight excluding hydrogens is 707 g/mol. The molecule has 4 aromatic carbocycles.